The summed E-state index contributed by atoms with van der Waals surface area (Å²) in [4.78, 5) is 34.2. The number of nitro groups is 1. The first kappa shape index (κ1) is 23.3. The Morgan fingerprint density at radius 1 is 1.13 bits per heavy atom. The fourth-order valence-corrected chi connectivity index (χ4v) is 2.74. The van der Waals surface area contributed by atoms with Gasteiger partial charge >= 0.3 is 0 Å². The third-order valence-electron chi connectivity index (χ3n) is 3.73. The number of nitrogens with one attached hydrogen (secondary N) is 3. The van der Waals surface area contributed by atoms with E-state index < -0.39 is 22.4 Å². The van der Waals surface area contributed by atoms with Crippen LogP contribution in [0.5, 0.6) is 5.75 Å². The Labute approximate surface area is 186 Å². The number of carbonyl (C=O) groups is 2. The van der Waals surface area contributed by atoms with Crippen LogP contribution in [0.2, 0.25) is 10.0 Å². The number of amides is 2. The smallest absolute Gasteiger partial charge is 0.288 e. The molecule has 0 aliphatic heterocycles. The summed E-state index contributed by atoms with van der Waals surface area (Å²) in [6.07, 6.45) is 0. The molecule has 2 aromatic rings. The molecule has 0 spiro atoms. The average Bonchev–Trinajstić information content (AvgIpc) is 2.68. The zero-order chi connectivity index (χ0) is 22.4. The van der Waals surface area contributed by atoms with Crippen LogP contribution in [0.4, 0.5) is 5.69 Å². The third-order valence-corrected chi connectivity index (χ3v) is 4.85. The van der Waals surface area contributed by atoms with Gasteiger partial charge in [0.2, 0.25) is 0 Å². The second kappa shape index (κ2) is 10.2. The highest BCUT2D eigenvalue weighted by Gasteiger charge is 2.17. The van der Waals surface area contributed by atoms with Crippen LogP contribution in [0.3, 0.4) is 0 Å². The van der Waals surface area contributed by atoms with Crippen LogP contribution >= 0.6 is 35.4 Å². The fourth-order valence-electron chi connectivity index (χ4n) is 2.30. The van der Waals surface area contributed by atoms with Crippen molar-refractivity contribution in [2.45, 2.75) is 13.8 Å². The lowest BCUT2D eigenvalue weighted by molar-refractivity contribution is -0.384. The number of ether oxygens (including phenoxy) is 1. The zero-order valence-electron chi connectivity index (χ0n) is 15.7. The number of rotatable bonds is 5. The molecule has 0 saturated carbocycles. The van der Waals surface area contributed by atoms with E-state index >= 15 is 0 Å². The third kappa shape index (κ3) is 6.28. The van der Waals surface area contributed by atoms with Crippen molar-refractivity contribution in [3.63, 3.8) is 0 Å². The minimum Gasteiger partial charge on any atom is -0.484 e. The van der Waals surface area contributed by atoms with E-state index in [1.165, 1.54) is 12.1 Å². The van der Waals surface area contributed by atoms with E-state index in [-0.39, 0.29) is 22.3 Å². The molecule has 2 aromatic carbocycles. The SMILES string of the molecule is Cc1cc(OCC(=O)NNC(=S)NC(=O)c2ccc(Cl)c([N+](=O)[O-])c2)cc(C)c1Cl. The topological polar surface area (TPSA) is 123 Å². The van der Waals surface area contributed by atoms with Gasteiger partial charge in [0, 0.05) is 16.7 Å². The minimum atomic E-state index is -0.718. The lowest BCUT2D eigenvalue weighted by atomic mass is 10.1. The summed E-state index contributed by atoms with van der Waals surface area (Å²) in [6, 6.07) is 6.95. The van der Waals surface area contributed by atoms with Gasteiger partial charge in [0.25, 0.3) is 17.5 Å². The number of hydrazine groups is 1. The van der Waals surface area contributed by atoms with Gasteiger partial charge in [-0.15, -0.1) is 0 Å². The number of hydrogen-bond donors (Lipinski definition) is 3. The molecule has 9 nitrogen and oxygen atoms in total. The van der Waals surface area contributed by atoms with Gasteiger partial charge in [-0.25, -0.2) is 0 Å². The first-order valence-corrected chi connectivity index (χ1v) is 9.48. The Morgan fingerprint density at radius 3 is 2.37 bits per heavy atom. The molecule has 0 radical (unpaired) electrons. The van der Waals surface area contributed by atoms with Crippen molar-refractivity contribution in [3.8, 4) is 5.75 Å². The van der Waals surface area contributed by atoms with E-state index in [1.54, 1.807) is 12.1 Å². The van der Waals surface area contributed by atoms with Crippen molar-refractivity contribution in [3.05, 3.63) is 67.2 Å². The largest absolute Gasteiger partial charge is 0.484 e. The van der Waals surface area contributed by atoms with Gasteiger partial charge in [0.15, 0.2) is 11.7 Å². The summed E-state index contributed by atoms with van der Waals surface area (Å²) in [5.41, 5.74) is 5.79. The van der Waals surface area contributed by atoms with E-state index in [9.17, 15) is 19.7 Å². The summed E-state index contributed by atoms with van der Waals surface area (Å²) in [5.74, 6) is -0.798. The summed E-state index contributed by atoms with van der Waals surface area (Å²) >= 11 is 16.7. The quantitative estimate of drug-likeness (QED) is 0.348. The van der Waals surface area contributed by atoms with Crippen molar-refractivity contribution in [1.29, 1.82) is 0 Å². The number of thiocarbonyl (C=S) groups is 1. The monoisotopic (exact) mass is 470 g/mol. The Balaban J connectivity index is 1.84. The molecular formula is C18H16Cl2N4O5S. The molecule has 0 aliphatic rings. The minimum absolute atomic E-state index is 0.0293. The lowest BCUT2D eigenvalue weighted by Gasteiger charge is -2.12. The van der Waals surface area contributed by atoms with E-state index in [1.807, 2.05) is 13.8 Å². The van der Waals surface area contributed by atoms with Crippen molar-refractivity contribution in [2.75, 3.05) is 6.61 Å². The first-order valence-electron chi connectivity index (χ1n) is 8.32. The number of halogens is 2. The molecule has 3 N–H and O–H groups in total. The predicted molar refractivity (Wildman–Crippen MR) is 116 cm³/mol. The molecule has 0 aromatic heterocycles. The summed E-state index contributed by atoms with van der Waals surface area (Å²) in [7, 11) is 0. The Hall–Kier alpha value is -2.95. The summed E-state index contributed by atoms with van der Waals surface area (Å²) in [6.45, 7) is 3.33. The van der Waals surface area contributed by atoms with Crippen LogP contribution in [0, 0.1) is 24.0 Å². The van der Waals surface area contributed by atoms with Gasteiger partial charge in [-0.3, -0.25) is 35.9 Å². The second-order valence-electron chi connectivity index (χ2n) is 6.04. The fraction of sp³-hybridized carbons (Fsp3) is 0.167. The molecule has 2 rings (SSSR count). The number of aryl methyl sites for hydroxylation is 2. The molecule has 0 aliphatic carbocycles. The van der Waals surface area contributed by atoms with E-state index in [2.05, 4.69) is 16.2 Å². The summed E-state index contributed by atoms with van der Waals surface area (Å²) < 4.78 is 5.40. The van der Waals surface area contributed by atoms with Gasteiger partial charge in [-0.05, 0) is 61.5 Å². The second-order valence-corrected chi connectivity index (χ2v) is 7.23. The molecule has 0 unspecified atom stereocenters. The number of benzene rings is 2. The first-order chi connectivity index (χ1) is 14.1. The Kier molecular flexibility index (Phi) is 7.93. The van der Waals surface area contributed by atoms with E-state index in [0.29, 0.717) is 10.8 Å². The van der Waals surface area contributed by atoms with Crippen LogP contribution in [-0.4, -0.2) is 28.5 Å². The van der Waals surface area contributed by atoms with Gasteiger partial charge in [-0.1, -0.05) is 23.2 Å². The number of carbonyl (C=O) groups excluding carboxylic acids is 2. The molecule has 0 fully saturated rings. The summed E-state index contributed by atoms with van der Waals surface area (Å²) in [5, 5.41) is 13.5. The highest BCUT2D eigenvalue weighted by atomic mass is 35.5. The molecule has 12 heteroatoms. The van der Waals surface area contributed by atoms with Gasteiger partial charge in [0.1, 0.15) is 10.8 Å². The van der Waals surface area contributed by atoms with Crippen molar-refractivity contribution < 1.29 is 19.2 Å². The van der Waals surface area contributed by atoms with Crippen LogP contribution in [0.25, 0.3) is 0 Å². The number of nitro benzene ring substituents is 1. The molecule has 2 amide bonds. The maximum atomic E-state index is 12.1. The van der Waals surface area contributed by atoms with Crippen molar-refractivity contribution in [1.82, 2.24) is 16.2 Å². The molecule has 158 valence electrons. The van der Waals surface area contributed by atoms with Crippen LogP contribution in [-0.2, 0) is 4.79 Å². The van der Waals surface area contributed by atoms with Gasteiger partial charge < -0.3 is 4.74 Å². The molecule has 30 heavy (non-hydrogen) atoms. The highest BCUT2D eigenvalue weighted by molar-refractivity contribution is 7.80. The molecule has 0 saturated heterocycles. The van der Waals surface area contributed by atoms with Crippen LogP contribution in [0.15, 0.2) is 30.3 Å². The lowest BCUT2D eigenvalue weighted by Crippen LogP contribution is -2.49. The normalized spacial score (nSPS) is 10.1. The van der Waals surface area contributed by atoms with Gasteiger partial charge in [-0.2, -0.15) is 0 Å². The van der Waals surface area contributed by atoms with Crippen LogP contribution in [0.1, 0.15) is 21.5 Å². The molecular weight excluding hydrogens is 455 g/mol. The standard InChI is InChI=1S/C18H16Cl2N4O5S/c1-9-5-12(6-10(2)16(9)20)29-8-15(25)22-23-18(30)21-17(26)11-3-4-13(19)14(7-11)24(27)28/h3-7H,8H2,1-2H3,(H,22,25)(H2,21,23,26,30). The zero-order valence-corrected chi connectivity index (χ0v) is 18.1. The Morgan fingerprint density at radius 2 is 1.77 bits per heavy atom. The van der Waals surface area contributed by atoms with Crippen molar-refractivity contribution >= 4 is 58.0 Å². The number of hydrogen-bond acceptors (Lipinski definition) is 6. The Bertz CT molecular complexity index is 1010. The van der Waals surface area contributed by atoms with Crippen molar-refractivity contribution in [2.24, 2.45) is 0 Å². The molecule has 0 atom stereocenters. The molecule has 0 bridgehead atoms. The maximum Gasteiger partial charge on any atom is 0.288 e. The average molecular weight is 471 g/mol. The number of nitrogens with zero attached hydrogens (tertiary/aromatic N) is 1. The highest BCUT2D eigenvalue weighted by Crippen LogP contribution is 2.26. The van der Waals surface area contributed by atoms with Crippen LogP contribution < -0.4 is 20.9 Å². The maximum absolute atomic E-state index is 12.1. The molecule has 0 heterocycles. The predicted octanol–water partition coefficient (Wildman–Crippen LogP) is 3.23. The van der Waals surface area contributed by atoms with Gasteiger partial charge in [0.05, 0.1) is 4.92 Å². The van der Waals surface area contributed by atoms with E-state index in [4.69, 9.17) is 40.2 Å². The van der Waals surface area contributed by atoms with E-state index in [0.717, 1.165) is 17.2 Å².